The Balaban J connectivity index is 1.71. The summed E-state index contributed by atoms with van der Waals surface area (Å²) in [7, 11) is 0. The molecule has 0 bridgehead atoms. The number of carbonyl (C=O) groups is 2. The molecule has 23 heavy (non-hydrogen) atoms. The third kappa shape index (κ3) is 3.31. The summed E-state index contributed by atoms with van der Waals surface area (Å²) in [6.45, 7) is 3.18. The summed E-state index contributed by atoms with van der Waals surface area (Å²) < 4.78 is 5.73. The molecule has 0 unspecified atom stereocenters. The lowest BCUT2D eigenvalue weighted by Gasteiger charge is -2.27. The highest BCUT2D eigenvalue weighted by Crippen LogP contribution is 2.31. The zero-order chi connectivity index (χ0) is 16.2. The van der Waals surface area contributed by atoms with E-state index in [4.69, 9.17) is 4.74 Å². The summed E-state index contributed by atoms with van der Waals surface area (Å²) in [5, 5.41) is 8.66. The first-order valence-electron chi connectivity index (χ1n) is 8.03. The highest BCUT2D eigenvalue weighted by Gasteiger charge is 2.28. The highest BCUT2D eigenvalue weighted by atomic mass is 16.5. The molecule has 0 atom stereocenters. The van der Waals surface area contributed by atoms with Crippen molar-refractivity contribution in [2.24, 2.45) is 0 Å². The van der Waals surface area contributed by atoms with Gasteiger partial charge in [0.05, 0.1) is 12.2 Å². The van der Waals surface area contributed by atoms with Crippen molar-refractivity contribution in [3.63, 3.8) is 0 Å². The quantitative estimate of drug-likeness (QED) is 0.718. The number of unbranched alkanes of at least 4 members (excludes halogenated alkanes) is 2. The third-order valence-electron chi connectivity index (χ3n) is 4.01. The minimum absolute atomic E-state index is 0.0881. The second kappa shape index (κ2) is 6.73. The van der Waals surface area contributed by atoms with Crippen molar-refractivity contribution >= 4 is 11.8 Å². The highest BCUT2D eigenvalue weighted by molar-refractivity contribution is 5.97. The van der Waals surface area contributed by atoms with Crippen LogP contribution in [0, 0.1) is 0 Å². The van der Waals surface area contributed by atoms with Gasteiger partial charge in [-0.15, -0.1) is 0 Å². The second-order valence-electron chi connectivity index (χ2n) is 5.73. The zero-order valence-corrected chi connectivity index (χ0v) is 13.2. The number of carbonyl (C=O) groups excluding carboxylic acids is 2. The summed E-state index contributed by atoms with van der Waals surface area (Å²) in [4.78, 5) is 24.1. The lowest BCUT2D eigenvalue weighted by atomic mass is 9.98. The van der Waals surface area contributed by atoms with Gasteiger partial charge in [-0.25, -0.2) is 0 Å². The molecule has 0 radical (unpaired) electrons. The fraction of sp³-hybridized carbons (Fsp3) is 0.412. The van der Waals surface area contributed by atoms with Gasteiger partial charge in [0.25, 0.3) is 11.8 Å². The van der Waals surface area contributed by atoms with Crippen molar-refractivity contribution in [1.82, 2.24) is 16.0 Å². The van der Waals surface area contributed by atoms with Gasteiger partial charge < -0.3 is 20.7 Å². The van der Waals surface area contributed by atoms with E-state index in [0.717, 1.165) is 24.8 Å². The average Bonchev–Trinajstić information content (AvgIpc) is 2.57. The third-order valence-corrected chi connectivity index (χ3v) is 4.01. The molecule has 2 aliphatic heterocycles. The van der Waals surface area contributed by atoms with Crippen LogP contribution in [0.5, 0.6) is 5.75 Å². The Bertz CT molecular complexity index is 667. The molecule has 1 aromatic carbocycles. The van der Waals surface area contributed by atoms with Crippen molar-refractivity contribution in [2.75, 3.05) is 13.2 Å². The molecule has 3 rings (SSSR count). The van der Waals surface area contributed by atoms with E-state index in [1.165, 1.54) is 0 Å². The molecule has 6 heteroatoms. The summed E-state index contributed by atoms with van der Waals surface area (Å²) in [6, 6.07) is 5.34. The number of ether oxygens (including phenoxy) is 1. The Kier molecular flexibility index (Phi) is 4.50. The number of fused-ring (bicyclic) bond motifs is 1. The van der Waals surface area contributed by atoms with Gasteiger partial charge in [0.15, 0.2) is 0 Å². The van der Waals surface area contributed by atoms with Crippen LogP contribution in [0.25, 0.3) is 0 Å². The normalized spacial score (nSPS) is 15.8. The van der Waals surface area contributed by atoms with Crippen molar-refractivity contribution in [2.45, 2.75) is 32.6 Å². The first-order chi connectivity index (χ1) is 11.2. The van der Waals surface area contributed by atoms with Gasteiger partial charge in [-0.3, -0.25) is 9.59 Å². The Hall–Kier alpha value is -2.50. The van der Waals surface area contributed by atoms with Crippen LogP contribution in [0.1, 0.15) is 42.1 Å². The number of rotatable bonds is 5. The van der Waals surface area contributed by atoms with E-state index in [2.05, 4.69) is 22.9 Å². The Morgan fingerprint density at radius 3 is 3.00 bits per heavy atom. The van der Waals surface area contributed by atoms with E-state index in [-0.39, 0.29) is 11.8 Å². The SMILES string of the molecule is CCCCCNC(=O)c1ccc2c(c1)CC1=C(NCNC1=O)O2. The lowest BCUT2D eigenvalue weighted by molar-refractivity contribution is -0.118. The zero-order valence-electron chi connectivity index (χ0n) is 13.2. The van der Waals surface area contributed by atoms with Gasteiger partial charge >= 0.3 is 0 Å². The Morgan fingerprint density at radius 1 is 1.30 bits per heavy atom. The molecule has 0 aromatic heterocycles. The number of nitrogens with one attached hydrogen (secondary N) is 3. The van der Waals surface area contributed by atoms with Crippen LogP contribution >= 0.6 is 0 Å². The first-order valence-corrected chi connectivity index (χ1v) is 8.03. The maximum Gasteiger partial charge on any atom is 0.254 e. The Labute approximate surface area is 135 Å². The van der Waals surface area contributed by atoms with Gasteiger partial charge in [0.1, 0.15) is 5.75 Å². The van der Waals surface area contributed by atoms with Crippen molar-refractivity contribution in [3.05, 3.63) is 40.8 Å². The molecule has 0 aliphatic carbocycles. The molecule has 122 valence electrons. The van der Waals surface area contributed by atoms with Gasteiger partial charge in [-0.05, 0) is 24.6 Å². The standard InChI is InChI=1S/C17H21N3O3/c1-2-3-4-7-18-15(21)11-5-6-14-12(8-11)9-13-16(22)19-10-20-17(13)23-14/h5-6,8,20H,2-4,7,9-10H2,1H3,(H,18,21)(H,19,22). The second-order valence-corrected chi connectivity index (χ2v) is 5.73. The minimum Gasteiger partial charge on any atom is -0.441 e. The maximum absolute atomic E-state index is 12.2. The molecule has 0 fully saturated rings. The van der Waals surface area contributed by atoms with Gasteiger partial charge in [-0.1, -0.05) is 19.8 Å². The van der Waals surface area contributed by atoms with Gasteiger partial charge in [0, 0.05) is 24.1 Å². The topological polar surface area (TPSA) is 79.5 Å². The predicted octanol–water partition coefficient (Wildman–Crippen LogP) is 1.43. The monoisotopic (exact) mass is 315 g/mol. The molecule has 1 aromatic rings. The largest absolute Gasteiger partial charge is 0.441 e. The molecular weight excluding hydrogens is 294 g/mol. The Morgan fingerprint density at radius 2 is 2.17 bits per heavy atom. The van der Waals surface area contributed by atoms with E-state index < -0.39 is 0 Å². The summed E-state index contributed by atoms with van der Waals surface area (Å²) in [5.74, 6) is 0.986. The summed E-state index contributed by atoms with van der Waals surface area (Å²) in [5.41, 5.74) is 2.02. The summed E-state index contributed by atoms with van der Waals surface area (Å²) >= 11 is 0. The van der Waals surface area contributed by atoms with E-state index in [9.17, 15) is 9.59 Å². The lowest BCUT2D eigenvalue weighted by Crippen LogP contribution is -2.44. The summed E-state index contributed by atoms with van der Waals surface area (Å²) in [6.07, 6.45) is 3.68. The van der Waals surface area contributed by atoms with Crippen molar-refractivity contribution < 1.29 is 14.3 Å². The van der Waals surface area contributed by atoms with E-state index in [1.54, 1.807) is 18.2 Å². The van der Waals surface area contributed by atoms with Gasteiger partial charge in [0.2, 0.25) is 5.88 Å². The first kappa shape index (κ1) is 15.4. The predicted molar refractivity (Wildman–Crippen MR) is 85.8 cm³/mol. The number of benzene rings is 1. The van der Waals surface area contributed by atoms with E-state index >= 15 is 0 Å². The average molecular weight is 315 g/mol. The minimum atomic E-state index is -0.126. The molecule has 2 heterocycles. The van der Waals surface area contributed by atoms with E-state index in [1.807, 2.05) is 0 Å². The molecule has 6 nitrogen and oxygen atoms in total. The molecule has 2 amide bonds. The molecule has 3 N–H and O–H groups in total. The molecular formula is C17H21N3O3. The number of hydrogen-bond acceptors (Lipinski definition) is 4. The van der Waals surface area contributed by atoms with Crippen LogP contribution in [0.4, 0.5) is 0 Å². The van der Waals surface area contributed by atoms with E-state index in [0.29, 0.717) is 42.4 Å². The molecule has 0 saturated heterocycles. The fourth-order valence-electron chi connectivity index (χ4n) is 2.72. The van der Waals surface area contributed by atoms with Crippen LogP contribution in [0.3, 0.4) is 0 Å². The molecule has 0 saturated carbocycles. The number of hydrogen-bond donors (Lipinski definition) is 3. The van der Waals surface area contributed by atoms with Crippen molar-refractivity contribution in [1.29, 1.82) is 0 Å². The van der Waals surface area contributed by atoms with Gasteiger partial charge in [-0.2, -0.15) is 0 Å². The van der Waals surface area contributed by atoms with Crippen LogP contribution < -0.4 is 20.7 Å². The van der Waals surface area contributed by atoms with Crippen LogP contribution in [-0.2, 0) is 11.2 Å². The van der Waals surface area contributed by atoms with Crippen molar-refractivity contribution in [3.8, 4) is 5.75 Å². The van der Waals surface area contributed by atoms with Crippen LogP contribution in [0.15, 0.2) is 29.7 Å². The fourth-order valence-corrected chi connectivity index (χ4v) is 2.72. The van der Waals surface area contributed by atoms with Crippen LogP contribution in [0.2, 0.25) is 0 Å². The maximum atomic E-state index is 12.2. The smallest absolute Gasteiger partial charge is 0.254 e. The molecule has 2 aliphatic rings. The molecule has 0 spiro atoms. The number of amides is 2. The van der Waals surface area contributed by atoms with Crippen LogP contribution in [-0.4, -0.2) is 25.0 Å².